The summed E-state index contributed by atoms with van der Waals surface area (Å²) in [6.07, 6.45) is 1.36. The lowest BCUT2D eigenvalue weighted by molar-refractivity contribution is -0.171. The Morgan fingerprint density at radius 3 is 2.42 bits per heavy atom. The van der Waals surface area contributed by atoms with Crippen LogP contribution < -0.4 is 5.73 Å². The number of hydrogen-bond donors (Lipinski definition) is 5. The highest BCUT2D eigenvalue weighted by Gasteiger charge is 2.70. The van der Waals surface area contributed by atoms with Gasteiger partial charge in [0, 0.05) is 11.0 Å². The van der Waals surface area contributed by atoms with Crippen LogP contribution in [0.25, 0.3) is 5.76 Å². The number of Topliss-reactive ketones (excluding diaryl/α,β-unsaturated/α-hetero) is 2. The van der Waals surface area contributed by atoms with Gasteiger partial charge in [-0.15, -0.1) is 0 Å². The van der Waals surface area contributed by atoms with Crippen molar-refractivity contribution in [2.45, 2.75) is 51.2 Å². The minimum atomic E-state index is -2.77. The first-order valence-electron chi connectivity index (χ1n) is 12.4. The Kier molecular flexibility index (Phi) is 6.65. The number of nitrogens with zero attached hydrogens (tertiary/aromatic N) is 1. The molecule has 1 aromatic carbocycles. The second-order valence-electron chi connectivity index (χ2n) is 10.6. The molecular weight excluding hydrogens is 496 g/mol. The highest BCUT2D eigenvalue weighted by atomic mass is 16.5. The maximum absolute atomic E-state index is 14.0. The number of likely N-dealkylation sites (N-methyl/N-ethyl adjacent to an activating group) is 1. The Balaban J connectivity index is 1.94. The fourth-order valence-electron chi connectivity index (χ4n) is 6.40. The number of nitrogens with two attached hydrogens (primary N) is 1. The molecule has 1 saturated carbocycles. The minimum Gasteiger partial charge on any atom is -0.508 e. The molecule has 1 fully saturated rings. The Bertz CT molecular complexity index is 1330. The Morgan fingerprint density at radius 2 is 1.84 bits per heavy atom. The second-order valence-corrected chi connectivity index (χ2v) is 10.6. The molecule has 4 atom stereocenters. The zero-order valence-corrected chi connectivity index (χ0v) is 21.7. The van der Waals surface area contributed by atoms with Gasteiger partial charge in [0.05, 0.1) is 23.8 Å². The summed E-state index contributed by atoms with van der Waals surface area (Å²) < 4.78 is 5.34. The number of aromatic hydroxyl groups is 1. The number of aliphatic hydroxyl groups is 3. The van der Waals surface area contributed by atoms with Crippen molar-refractivity contribution in [3.05, 3.63) is 45.7 Å². The predicted octanol–water partition coefficient (Wildman–Crippen LogP) is 1.31. The van der Waals surface area contributed by atoms with Crippen LogP contribution in [0, 0.1) is 11.3 Å². The molecule has 4 rings (SSSR count). The average Bonchev–Trinajstić information content (AvgIpc) is 2.81. The zero-order valence-electron chi connectivity index (χ0n) is 21.7. The van der Waals surface area contributed by atoms with E-state index in [0.29, 0.717) is 6.42 Å². The molecule has 3 aliphatic rings. The summed E-state index contributed by atoms with van der Waals surface area (Å²) in [5.74, 6) is -6.95. The summed E-state index contributed by atoms with van der Waals surface area (Å²) >= 11 is 0. The molecule has 0 aliphatic heterocycles. The molecule has 204 valence electrons. The highest BCUT2D eigenvalue weighted by Crippen LogP contribution is 2.58. The number of ketones is 2. The molecule has 3 aliphatic carbocycles. The van der Waals surface area contributed by atoms with E-state index in [0.717, 1.165) is 6.42 Å². The molecular formula is C27H32N2O9. The van der Waals surface area contributed by atoms with Crippen LogP contribution >= 0.6 is 0 Å². The van der Waals surface area contributed by atoms with Crippen LogP contribution in [0.4, 0.5) is 0 Å². The van der Waals surface area contributed by atoms with E-state index in [-0.39, 0.29) is 41.7 Å². The maximum atomic E-state index is 14.0. The number of esters is 1. The number of hydrogen-bond acceptors (Lipinski definition) is 10. The van der Waals surface area contributed by atoms with Gasteiger partial charge in [0.2, 0.25) is 5.78 Å². The Morgan fingerprint density at radius 1 is 1.18 bits per heavy atom. The van der Waals surface area contributed by atoms with Crippen molar-refractivity contribution in [3.63, 3.8) is 0 Å². The number of unbranched alkanes of at least 4 members (excludes halogenated alkanes) is 1. The third-order valence-electron chi connectivity index (χ3n) is 8.10. The quantitative estimate of drug-likeness (QED) is 0.205. The number of carbonyl (C=O) groups excluding carboxylic acids is 4. The van der Waals surface area contributed by atoms with Gasteiger partial charge < -0.3 is 30.9 Å². The third-order valence-corrected chi connectivity index (χ3v) is 8.10. The number of primary amides is 1. The molecule has 0 spiro atoms. The smallest absolute Gasteiger partial charge is 0.338 e. The molecule has 6 N–H and O–H groups in total. The van der Waals surface area contributed by atoms with Gasteiger partial charge in [-0.1, -0.05) is 20.3 Å². The van der Waals surface area contributed by atoms with Crippen molar-refractivity contribution >= 4 is 29.2 Å². The molecule has 0 bridgehead atoms. The number of aliphatic hydroxyl groups excluding tert-OH is 2. The number of ether oxygens (including phenoxy) is 1. The first kappa shape index (κ1) is 27.3. The SMILES string of the molecule is CCCCOC(=O)c1ccc(O)c2c1C[C@H]1C[C@@]3(C)C(N(C)C)C(=O)C(C(N)=O)=C(O)C3(O)C(=O)C1=C2O. The van der Waals surface area contributed by atoms with Crippen molar-refractivity contribution in [2.75, 3.05) is 20.7 Å². The number of rotatable bonds is 6. The van der Waals surface area contributed by atoms with Gasteiger partial charge in [-0.2, -0.15) is 0 Å². The number of phenols is 1. The van der Waals surface area contributed by atoms with Crippen molar-refractivity contribution in [2.24, 2.45) is 17.1 Å². The standard InChI is InChI=1S/C27H32N2O9/c1-5-6-9-38-25(36)13-7-8-15(30)17-14(13)10-12-11-26(2)21(29(3)4)20(32)18(24(28)35)23(34)27(26,37)22(33)16(12)19(17)31/h7-8,12,21,30-31,34,37H,5-6,9-11H2,1-4H3,(H2,28,35)/t12-,21?,26-,27?/m0/s1. The molecule has 0 heterocycles. The lowest BCUT2D eigenvalue weighted by atomic mass is 9.50. The van der Waals surface area contributed by atoms with Crippen LogP contribution in [0.15, 0.2) is 29.0 Å². The van der Waals surface area contributed by atoms with Crippen molar-refractivity contribution in [1.82, 2.24) is 4.90 Å². The molecule has 1 aromatic rings. The number of amides is 1. The Labute approximate surface area is 219 Å². The lowest BCUT2D eigenvalue weighted by Crippen LogP contribution is -2.71. The summed E-state index contributed by atoms with van der Waals surface area (Å²) in [6, 6.07) is 1.34. The van der Waals surface area contributed by atoms with Crippen molar-refractivity contribution in [3.8, 4) is 5.75 Å². The van der Waals surface area contributed by atoms with E-state index in [9.17, 15) is 39.6 Å². The van der Waals surface area contributed by atoms with Gasteiger partial charge in [0.1, 0.15) is 22.8 Å². The van der Waals surface area contributed by atoms with E-state index in [1.54, 1.807) is 0 Å². The fourth-order valence-corrected chi connectivity index (χ4v) is 6.40. The van der Waals surface area contributed by atoms with E-state index in [2.05, 4.69) is 0 Å². The number of carbonyl (C=O) groups is 4. The van der Waals surface area contributed by atoms with Gasteiger partial charge in [-0.25, -0.2) is 4.79 Å². The Hall–Kier alpha value is -3.70. The monoisotopic (exact) mass is 528 g/mol. The van der Waals surface area contributed by atoms with Crippen LogP contribution in [-0.4, -0.2) is 81.1 Å². The van der Waals surface area contributed by atoms with E-state index in [4.69, 9.17) is 10.5 Å². The van der Waals surface area contributed by atoms with E-state index in [1.807, 2.05) is 6.92 Å². The van der Waals surface area contributed by atoms with Gasteiger partial charge in [0.25, 0.3) is 5.91 Å². The molecule has 0 radical (unpaired) electrons. The molecule has 2 unspecified atom stereocenters. The van der Waals surface area contributed by atoms with E-state index >= 15 is 0 Å². The highest BCUT2D eigenvalue weighted by molar-refractivity contribution is 6.25. The zero-order chi connectivity index (χ0) is 28.3. The van der Waals surface area contributed by atoms with Crippen LogP contribution in [-0.2, 0) is 25.5 Å². The van der Waals surface area contributed by atoms with Crippen LogP contribution in [0.5, 0.6) is 5.75 Å². The minimum absolute atomic E-state index is 0.000238. The van der Waals surface area contributed by atoms with Gasteiger partial charge in [-0.05, 0) is 57.0 Å². The first-order valence-corrected chi connectivity index (χ1v) is 12.4. The van der Waals surface area contributed by atoms with Crippen molar-refractivity contribution < 1.29 is 44.3 Å². The van der Waals surface area contributed by atoms with Gasteiger partial charge in [-0.3, -0.25) is 19.3 Å². The maximum Gasteiger partial charge on any atom is 0.338 e. The molecule has 0 aromatic heterocycles. The van der Waals surface area contributed by atoms with E-state index < -0.39 is 69.3 Å². The normalized spacial score (nSPS) is 28.7. The van der Waals surface area contributed by atoms with E-state index in [1.165, 1.54) is 38.1 Å². The first-order chi connectivity index (χ1) is 17.7. The molecule has 38 heavy (non-hydrogen) atoms. The summed E-state index contributed by atoms with van der Waals surface area (Å²) in [4.78, 5) is 53.7. The lowest BCUT2D eigenvalue weighted by Gasteiger charge is -2.57. The van der Waals surface area contributed by atoms with Gasteiger partial charge in [0.15, 0.2) is 11.4 Å². The summed E-state index contributed by atoms with van der Waals surface area (Å²) in [6.45, 7) is 3.58. The third kappa shape index (κ3) is 3.56. The largest absolute Gasteiger partial charge is 0.508 e. The number of benzene rings is 1. The van der Waals surface area contributed by atoms with Crippen LogP contribution in [0.1, 0.15) is 54.6 Å². The molecule has 11 nitrogen and oxygen atoms in total. The molecule has 11 heteroatoms. The van der Waals surface area contributed by atoms with Gasteiger partial charge >= 0.3 is 5.97 Å². The summed E-state index contributed by atoms with van der Waals surface area (Å²) in [5.41, 5.74) is -0.0231. The van der Waals surface area contributed by atoms with Crippen LogP contribution in [0.2, 0.25) is 0 Å². The topological polar surface area (TPSA) is 188 Å². The summed E-state index contributed by atoms with van der Waals surface area (Å²) in [7, 11) is 3.06. The van der Waals surface area contributed by atoms with Crippen molar-refractivity contribution in [1.29, 1.82) is 0 Å². The predicted molar refractivity (Wildman–Crippen MR) is 134 cm³/mol. The summed E-state index contributed by atoms with van der Waals surface area (Å²) in [5, 5.41) is 44.7. The molecule has 1 amide bonds. The number of phenolic OH excluding ortho intramolecular Hbond substituents is 1. The average molecular weight is 529 g/mol. The second kappa shape index (κ2) is 9.25. The van der Waals surface area contributed by atoms with Crippen LogP contribution in [0.3, 0.4) is 0 Å². The molecule has 0 saturated heterocycles. The fraction of sp³-hybridized carbons (Fsp3) is 0.481. The number of fused-ring (bicyclic) bond motifs is 3.